The molecule has 0 saturated carbocycles. The fourth-order valence-corrected chi connectivity index (χ4v) is 6.50. The Hall–Kier alpha value is -4.88. The van der Waals surface area contributed by atoms with E-state index in [9.17, 15) is 0 Å². The van der Waals surface area contributed by atoms with Crippen molar-refractivity contribution < 1.29 is 0 Å². The van der Waals surface area contributed by atoms with Gasteiger partial charge in [-0.2, -0.15) is 0 Å². The molecule has 2 N–H and O–H groups in total. The molecule has 0 aromatic heterocycles. The highest BCUT2D eigenvalue weighted by Crippen LogP contribution is 2.45. The first-order valence-corrected chi connectivity index (χ1v) is 15.2. The van der Waals surface area contributed by atoms with Crippen LogP contribution in [0.5, 0.6) is 0 Å². The van der Waals surface area contributed by atoms with Crippen LogP contribution in [0.3, 0.4) is 0 Å². The zero-order valence-electron chi connectivity index (χ0n) is 25.4. The van der Waals surface area contributed by atoms with Crippen molar-refractivity contribution in [2.75, 3.05) is 0 Å². The van der Waals surface area contributed by atoms with Crippen LogP contribution in [-0.4, -0.2) is 0 Å². The minimum atomic E-state index is 0.0853. The Bertz CT molecular complexity index is 2090. The lowest BCUT2D eigenvalue weighted by atomic mass is 9.81. The molecular formula is C42H37N. The van der Waals surface area contributed by atoms with Crippen LogP contribution in [0.15, 0.2) is 139 Å². The van der Waals surface area contributed by atoms with Crippen LogP contribution in [0.1, 0.15) is 45.2 Å². The van der Waals surface area contributed by atoms with E-state index in [-0.39, 0.29) is 5.41 Å². The first kappa shape index (κ1) is 27.0. The molecule has 6 aromatic rings. The van der Waals surface area contributed by atoms with Crippen molar-refractivity contribution in [2.24, 2.45) is 5.73 Å². The lowest BCUT2D eigenvalue weighted by molar-refractivity contribution is 0.591. The molecule has 0 atom stereocenters. The summed E-state index contributed by atoms with van der Waals surface area (Å²) in [7, 11) is 0. The van der Waals surface area contributed by atoms with Crippen LogP contribution < -0.4 is 5.73 Å². The van der Waals surface area contributed by atoms with Crippen molar-refractivity contribution >= 4 is 38.0 Å². The quantitative estimate of drug-likeness (QED) is 0.215. The van der Waals surface area contributed by atoms with E-state index in [4.69, 9.17) is 5.73 Å². The SMILES string of the molecule is CC(/C=C(\N)c1ccc(-c2cc(-c3ccccc3)c3ccc4cc(C(C)(C)C)cc5ccc2c3c45)cc1)=C1\C=CC=CC1. The molecule has 0 unspecified atom stereocenters. The fraction of sp³-hybridized carbons (Fsp3) is 0.143. The van der Waals surface area contributed by atoms with Gasteiger partial charge in [0.1, 0.15) is 0 Å². The maximum Gasteiger partial charge on any atom is 0.0390 e. The van der Waals surface area contributed by atoms with Gasteiger partial charge in [-0.25, -0.2) is 0 Å². The molecule has 0 saturated heterocycles. The summed E-state index contributed by atoms with van der Waals surface area (Å²) >= 11 is 0. The van der Waals surface area contributed by atoms with Gasteiger partial charge in [-0.05, 0) is 108 Å². The van der Waals surface area contributed by atoms with E-state index < -0.39 is 0 Å². The molecule has 0 radical (unpaired) electrons. The monoisotopic (exact) mass is 555 g/mol. The third-order valence-electron chi connectivity index (χ3n) is 8.96. The zero-order valence-corrected chi connectivity index (χ0v) is 25.4. The molecule has 0 amide bonds. The van der Waals surface area contributed by atoms with Gasteiger partial charge >= 0.3 is 0 Å². The molecule has 7 rings (SSSR count). The Labute approximate surface area is 254 Å². The smallest absolute Gasteiger partial charge is 0.0390 e. The molecule has 43 heavy (non-hydrogen) atoms. The van der Waals surface area contributed by atoms with Crippen LogP contribution in [0.25, 0.3) is 60.3 Å². The van der Waals surface area contributed by atoms with E-state index in [2.05, 4.69) is 155 Å². The van der Waals surface area contributed by atoms with Crippen LogP contribution in [0.4, 0.5) is 0 Å². The highest BCUT2D eigenvalue weighted by Gasteiger charge is 2.20. The molecule has 1 aliphatic carbocycles. The number of rotatable bonds is 4. The molecule has 0 heterocycles. The molecule has 0 spiro atoms. The summed E-state index contributed by atoms with van der Waals surface area (Å²) < 4.78 is 0. The second-order valence-corrected chi connectivity index (χ2v) is 12.9. The molecule has 210 valence electrons. The average Bonchev–Trinajstić information content (AvgIpc) is 3.03. The van der Waals surface area contributed by atoms with Gasteiger partial charge in [-0.3, -0.25) is 0 Å². The maximum atomic E-state index is 6.61. The first-order chi connectivity index (χ1) is 20.8. The van der Waals surface area contributed by atoms with Gasteiger partial charge in [0.05, 0.1) is 0 Å². The fourth-order valence-electron chi connectivity index (χ4n) is 6.50. The molecule has 1 nitrogen and oxygen atoms in total. The normalized spacial score (nSPS) is 15.2. The van der Waals surface area contributed by atoms with Crippen LogP contribution in [0.2, 0.25) is 0 Å². The minimum absolute atomic E-state index is 0.0853. The van der Waals surface area contributed by atoms with Gasteiger partial charge in [0.15, 0.2) is 0 Å². The van der Waals surface area contributed by atoms with E-state index >= 15 is 0 Å². The van der Waals surface area contributed by atoms with Crippen molar-refractivity contribution in [3.05, 3.63) is 150 Å². The molecule has 0 fully saturated rings. The predicted octanol–water partition coefficient (Wildman–Crippen LogP) is 11.3. The highest BCUT2D eigenvalue weighted by atomic mass is 14.6. The predicted molar refractivity (Wildman–Crippen MR) is 187 cm³/mol. The summed E-state index contributed by atoms with van der Waals surface area (Å²) in [6.07, 6.45) is 11.6. The Balaban J connectivity index is 1.41. The number of hydrogen-bond acceptors (Lipinski definition) is 1. The Morgan fingerprint density at radius 1 is 0.698 bits per heavy atom. The largest absolute Gasteiger partial charge is 0.398 e. The number of benzene rings is 6. The van der Waals surface area contributed by atoms with Gasteiger partial charge in [0.2, 0.25) is 0 Å². The Morgan fingerprint density at radius 2 is 1.33 bits per heavy atom. The van der Waals surface area contributed by atoms with Crippen LogP contribution in [-0.2, 0) is 5.41 Å². The summed E-state index contributed by atoms with van der Waals surface area (Å²) in [5.41, 5.74) is 17.3. The van der Waals surface area contributed by atoms with Crippen molar-refractivity contribution in [1.82, 2.24) is 0 Å². The van der Waals surface area contributed by atoms with Crippen molar-refractivity contribution in [1.29, 1.82) is 0 Å². The Morgan fingerprint density at radius 3 is 1.91 bits per heavy atom. The van der Waals surface area contributed by atoms with Gasteiger partial charge in [-0.1, -0.05) is 136 Å². The lowest BCUT2D eigenvalue weighted by Gasteiger charge is -2.23. The zero-order chi connectivity index (χ0) is 29.7. The molecule has 1 aliphatic rings. The molecule has 0 aliphatic heterocycles. The maximum absolute atomic E-state index is 6.61. The van der Waals surface area contributed by atoms with Gasteiger partial charge in [0.25, 0.3) is 0 Å². The van der Waals surface area contributed by atoms with Gasteiger partial charge in [-0.15, -0.1) is 0 Å². The van der Waals surface area contributed by atoms with E-state index in [0.717, 1.165) is 17.7 Å². The summed E-state index contributed by atoms with van der Waals surface area (Å²) in [6.45, 7) is 9.01. The molecule has 6 aromatic carbocycles. The number of hydrogen-bond donors (Lipinski definition) is 1. The number of allylic oxidation sites excluding steroid dienone is 7. The second-order valence-electron chi connectivity index (χ2n) is 12.9. The Kier molecular flexibility index (Phi) is 6.55. The summed E-state index contributed by atoms with van der Waals surface area (Å²) in [4.78, 5) is 0. The van der Waals surface area contributed by atoms with Gasteiger partial charge in [0, 0.05) is 5.70 Å². The van der Waals surface area contributed by atoms with E-state index in [1.54, 1.807) is 0 Å². The lowest BCUT2D eigenvalue weighted by Crippen LogP contribution is -2.10. The third-order valence-corrected chi connectivity index (χ3v) is 8.96. The second kappa shape index (κ2) is 10.4. The molecule has 0 bridgehead atoms. The van der Waals surface area contributed by atoms with Gasteiger partial charge < -0.3 is 5.73 Å². The summed E-state index contributed by atoms with van der Waals surface area (Å²) in [6, 6.07) is 36.0. The van der Waals surface area contributed by atoms with E-state index in [1.165, 1.54) is 71.3 Å². The average molecular weight is 556 g/mol. The van der Waals surface area contributed by atoms with Crippen molar-refractivity contribution in [3.63, 3.8) is 0 Å². The molecule has 1 heteroatoms. The first-order valence-electron chi connectivity index (χ1n) is 15.2. The summed E-state index contributed by atoms with van der Waals surface area (Å²) in [5.74, 6) is 0. The van der Waals surface area contributed by atoms with Crippen LogP contribution >= 0.6 is 0 Å². The molecular weight excluding hydrogens is 518 g/mol. The highest BCUT2D eigenvalue weighted by molar-refractivity contribution is 6.28. The third kappa shape index (κ3) is 4.85. The standard InChI is InChI=1S/C42H37N/c1-27(28-11-7-5-8-12-28)23-39(43)31-17-15-30(16-18-31)38-26-37(29-13-9-6-10-14-29)35-21-19-32-24-34(42(2,3)4)25-33-20-22-36(38)41(35)40(32)33/h5-11,13-26H,12,43H2,1-4H3/b28-27-,39-23-. The van der Waals surface area contributed by atoms with Crippen LogP contribution in [0, 0.1) is 0 Å². The summed E-state index contributed by atoms with van der Waals surface area (Å²) in [5, 5.41) is 7.87. The van der Waals surface area contributed by atoms with Crippen molar-refractivity contribution in [2.45, 2.75) is 39.5 Å². The van der Waals surface area contributed by atoms with E-state index in [0.29, 0.717) is 0 Å². The van der Waals surface area contributed by atoms with E-state index in [1.807, 2.05) is 0 Å². The van der Waals surface area contributed by atoms with Crippen molar-refractivity contribution in [3.8, 4) is 22.3 Å². The minimum Gasteiger partial charge on any atom is -0.398 e. The topological polar surface area (TPSA) is 26.0 Å². The number of nitrogens with two attached hydrogens (primary N) is 1.